The first kappa shape index (κ1) is 20.4. The number of aliphatic hydroxyl groups excluding tert-OH is 1. The molecule has 3 rings (SSSR count). The third kappa shape index (κ3) is 4.75. The standard InChI is InChI=1S/C24H31NO3/c1-4-5-8-13-25-23-10-7-6-9-19(23)15-24(25)22-12-11-21(14-18(22)2)28-17-20(26)16-27-3/h6-7,9-12,14-15,20,26H,4-5,8,13,16-17H2,1-3H3. The van der Waals surface area contributed by atoms with Gasteiger partial charge in [0.2, 0.25) is 0 Å². The first-order chi connectivity index (χ1) is 13.6. The zero-order chi connectivity index (χ0) is 19.9. The molecule has 150 valence electrons. The molecule has 0 radical (unpaired) electrons. The van der Waals surface area contributed by atoms with E-state index in [1.54, 1.807) is 7.11 Å². The van der Waals surface area contributed by atoms with Gasteiger partial charge < -0.3 is 19.1 Å². The van der Waals surface area contributed by atoms with Crippen LogP contribution in [0.1, 0.15) is 31.7 Å². The van der Waals surface area contributed by atoms with Crippen LogP contribution in [0.3, 0.4) is 0 Å². The average Bonchev–Trinajstić information content (AvgIpc) is 3.05. The summed E-state index contributed by atoms with van der Waals surface area (Å²) in [5.41, 5.74) is 4.92. The van der Waals surface area contributed by atoms with Crippen LogP contribution in [0.25, 0.3) is 22.2 Å². The van der Waals surface area contributed by atoms with Crippen LogP contribution in [0.5, 0.6) is 5.75 Å². The molecule has 1 heterocycles. The second-order valence-corrected chi connectivity index (χ2v) is 7.34. The molecule has 0 aliphatic rings. The number of aliphatic hydroxyl groups is 1. The van der Waals surface area contributed by atoms with Gasteiger partial charge in [0.15, 0.2) is 0 Å². The van der Waals surface area contributed by atoms with Gasteiger partial charge in [-0.3, -0.25) is 0 Å². The molecule has 0 aliphatic carbocycles. The van der Waals surface area contributed by atoms with E-state index in [1.807, 2.05) is 12.1 Å². The monoisotopic (exact) mass is 381 g/mol. The molecule has 1 atom stereocenters. The van der Waals surface area contributed by atoms with E-state index in [1.165, 1.54) is 47.0 Å². The Bertz CT molecular complexity index is 900. The Hall–Kier alpha value is -2.30. The van der Waals surface area contributed by atoms with Crippen molar-refractivity contribution in [3.05, 3.63) is 54.1 Å². The molecular formula is C24H31NO3. The summed E-state index contributed by atoms with van der Waals surface area (Å²) in [5.74, 6) is 0.769. The molecule has 4 heteroatoms. The normalized spacial score (nSPS) is 12.4. The predicted octanol–water partition coefficient (Wildman–Crippen LogP) is 5.19. The zero-order valence-electron chi connectivity index (χ0n) is 17.1. The molecule has 4 nitrogen and oxygen atoms in total. The van der Waals surface area contributed by atoms with Gasteiger partial charge in [-0.15, -0.1) is 0 Å². The number of unbranched alkanes of at least 4 members (excludes halogenated alkanes) is 2. The molecule has 0 fully saturated rings. The van der Waals surface area contributed by atoms with Crippen molar-refractivity contribution in [3.63, 3.8) is 0 Å². The molecule has 0 amide bonds. The average molecular weight is 382 g/mol. The molecule has 1 N–H and O–H groups in total. The van der Waals surface area contributed by atoms with E-state index in [0.717, 1.165) is 12.3 Å². The van der Waals surface area contributed by atoms with Gasteiger partial charge in [-0.05, 0) is 49.2 Å². The van der Waals surface area contributed by atoms with Gasteiger partial charge in [0, 0.05) is 35.8 Å². The van der Waals surface area contributed by atoms with Gasteiger partial charge in [0.25, 0.3) is 0 Å². The van der Waals surface area contributed by atoms with E-state index in [4.69, 9.17) is 9.47 Å². The molecule has 0 aliphatic heterocycles. The lowest BCUT2D eigenvalue weighted by atomic mass is 10.0. The van der Waals surface area contributed by atoms with Gasteiger partial charge in [-0.25, -0.2) is 0 Å². The van der Waals surface area contributed by atoms with Crippen molar-refractivity contribution in [2.45, 2.75) is 45.8 Å². The number of ether oxygens (including phenoxy) is 2. The van der Waals surface area contributed by atoms with Crippen molar-refractivity contribution < 1.29 is 14.6 Å². The van der Waals surface area contributed by atoms with Crippen molar-refractivity contribution in [3.8, 4) is 17.0 Å². The first-order valence-corrected chi connectivity index (χ1v) is 10.1. The van der Waals surface area contributed by atoms with Crippen molar-refractivity contribution in [2.24, 2.45) is 0 Å². The highest BCUT2D eigenvalue weighted by Crippen LogP contribution is 2.32. The number of aromatic nitrogens is 1. The Morgan fingerprint density at radius 3 is 2.61 bits per heavy atom. The number of benzene rings is 2. The van der Waals surface area contributed by atoms with Crippen LogP contribution in [0, 0.1) is 6.92 Å². The maximum atomic E-state index is 9.78. The number of methoxy groups -OCH3 is 1. The molecule has 3 aromatic rings. The Morgan fingerprint density at radius 2 is 1.86 bits per heavy atom. The molecule has 2 aromatic carbocycles. The number of rotatable bonds is 10. The summed E-state index contributed by atoms with van der Waals surface area (Å²) in [6.07, 6.45) is 3.02. The Balaban J connectivity index is 1.88. The lowest BCUT2D eigenvalue weighted by Gasteiger charge is -2.15. The molecular weight excluding hydrogens is 350 g/mol. The molecule has 1 aromatic heterocycles. The molecule has 28 heavy (non-hydrogen) atoms. The molecule has 1 unspecified atom stereocenters. The van der Waals surface area contributed by atoms with E-state index in [-0.39, 0.29) is 13.2 Å². The summed E-state index contributed by atoms with van der Waals surface area (Å²) in [7, 11) is 1.57. The third-order valence-corrected chi connectivity index (χ3v) is 5.07. The maximum Gasteiger partial charge on any atom is 0.119 e. The minimum atomic E-state index is -0.619. The highest BCUT2D eigenvalue weighted by atomic mass is 16.5. The van der Waals surface area contributed by atoms with Crippen molar-refractivity contribution in [1.82, 2.24) is 4.57 Å². The highest BCUT2D eigenvalue weighted by molar-refractivity contribution is 5.87. The van der Waals surface area contributed by atoms with E-state index in [0.29, 0.717) is 0 Å². The highest BCUT2D eigenvalue weighted by Gasteiger charge is 2.13. The van der Waals surface area contributed by atoms with Crippen LogP contribution in [-0.2, 0) is 11.3 Å². The minimum absolute atomic E-state index is 0.226. The second kappa shape index (κ2) is 9.76. The number of fused-ring (bicyclic) bond motifs is 1. The SMILES string of the molecule is CCCCCn1c(-c2ccc(OCC(O)COC)cc2C)cc2ccccc21. The van der Waals surface area contributed by atoms with E-state index in [9.17, 15) is 5.11 Å². The number of hydrogen-bond donors (Lipinski definition) is 1. The summed E-state index contributed by atoms with van der Waals surface area (Å²) in [4.78, 5) is 0. The topological polar surface area (TPSA) is 43.6 Å². The van der Waals surface area contributed by atoms with Crippen LogP contribution < -0.4 is 4.74 Å². The van der Waals surface area contributed by atoms with Gasteiger partial charge in [0.1, 0.15) is 18.5 Å². The number of hydrogen-bond acceptors (Lipinski definition) is 3. The number of para-hydroxylation sites is 1. The summed E-state index contributed by atoms with van der Waals surface area (Å²) >= 11 is 0. The number of nitrogens with zero attached hydrogens (tertiary/aromatic N) is 1. The Kier molecular flexibility index (Phi) is 7.12. The Labute approximate surface area is 167 Å². The fraction of sp³-hybridized carbons (Fsp3) is 0.417. The second-order valence-electron chi connectivity index (χ2n) is 7.34. The minimum Gasteiger partial charge on any atom is -0.491 e. The van der Waals surface area contributed by atoms with Crippen LogP contribution >= 0.6 is 0 Å². The lowest BCUT2D eigenvalue weighted by Crippen LogP contribution is -2.22. The van der Waals surface area contributed by atoms with Crippen LogP contribution in [-0.4, -0.2) is 36.1 Å². The van der Waals surface area contributed by atoms with E-state index >= 15 is 0 Å². The van der Waals surface area contributed by atoms with Crippen molar-refractivity contribution >= 4 is 10.9 Å². The predicted molar refractivity (Wildman–Crippen MR) is 115 cm³/mol. The lowest BCUT2D eigenvalue weighted by molar-refractivity contribution is 0.0325. The van der Waals surface area contributed by atoms with Crippen LogP contribution in [0.15, 0.2) is 48.5 Å². The summed E-state index contributed by atoms with van der Waals surface area (Å²) < 4.78 is 13.1. The van der Waals surface area contributed by atoms with Crippen molar-refractivity contribution in [1.29, 1.82) is 0 Å². The van der Waals surface area contributed by atoms with Crippen molar-refractivity contribution in [2.75, 3.05) is 20.3 Å². The third-order valence-electron chi connectivity index (χ3n) is 5.07. The van der Waals surface area contributed by atoms with Crippen LogP contribution in [0.2, 0.25) is 0 Å². The molecule has 0 saturated carbocycles. The zero-order valence-corrected chi connectivity index (χ0v) is 17.1. The van der Waals surface area contributed by atoms with Gasteiger partial charge >= 0.3 is 0 Å². The molecule has 0 bridgehead atoms. The number of aryl methyl sites for hydroxylation is 2. The fourth-order valence-corrected chi connectivity index (χ4v) is 3.64. The van der Waals surface area contributed by atoms with Gasteiger partial charge in [-0.2, -0.15) is 0 Å². The summed E-state index contributed by atoms with van der Waals surface area (Å²) in [6, 6.07) is 17.0. The largest absolute Gasteiger partial charge is 0.491 e. The maximum absolute atomic E-state index is 9.78. The molecule has 0 saturated heterocycles. The molecule has 0 spiro atoms. The summed E-state index contributed by atoms with van der Waals surface area (Å²) in [5, 5.41) is 11.1. The Morgan fingerprint density at radius 1 is 1.04 bits per heavy atom. The van der Waals surface area contributed by atoms with E-state index < -0.39 is 6.10 Å². The quantitative estimate of drug-likeness (QED) is 0.491. The van der Waals surface area contributed by atoms with Crippen LogP contribution in [0.4, 0.5) is 0 Å². The fourth-order valence-electron chi connectivity index (χ4n) is 3.64. The van der Waals surface area contributed by atoms with Gasteiger partial charge in [-0.1, -0.05) is 38.0 Å². The summed E-state index contributed by atoms with van der Waals surface area (Å²) in [6.45, 7) is 5.87. The smallest absolute Gasteiger partial charge is 0.119 e. The van der Waals surface area contributed by atoms with Gasteiger partial charge in [0.05, 0.1) is 6.61 Å². The van der Waals surface area contributed by atoms with E-state index in [2.05, 4.69) is 54.8 Å². The first-order valence-electron chi connectivity index (χ1n) is 10.1.